The van der Waals surface area contributed by atoms with Gasteiger partial charge in [-0.05, 0) is 53.6 Å². The van der Waals surface area contributed by atoms with Crippen LogP contribution in [0.5, 0.6) is 5.75 Å². The smallest absolute Gasteiger partial charge is 0.260 e. The number of carbonyl (C=O) groups excluding carboxylic acids is 1. The summed E-state index contributed by atoms with van der Waals surface area (Å²) in [5, 5.41) is 0.931. The van der Waals surface area contributed by atoms with Crippen molar-refractivity contribution in [3.8, 4) is 5.75 Å². The first-order chi connectivity index (χ1) is 19.8. The Labute approximate surface area is 247 Å². The van der Waals surface area contributed by atoms with Crippen molar-refractivity contribution < 1.29 is 17.9 Å². The quantitative estimate of drug-likeness (QED) is 0.182. The summed E-state index contributed by atoms with van der Waals surface area (Å²) < 4.78 is 34.4. The van der Waals surface area contributed by atoms with E-state index in [0.717, 1.165) is 11.1 Å². The van der Waals surface area contributed by atoms with Crippen LogP contribution in [0.15, 0.2) is 96.2 Å². The predicted octanol–water partition coefficient (Wildman–Crippen LogP) is 6.41. The van der Waals surface area contributed by atoms with Crippen LogP contribution in [0, 0.1) is 0 Å². The molecule has 0 fully saturated rings. The molecule has 0 atom stereocenters. The minimum atomic E-state index is -3.78. The van der Waals surface area contributed by atoms with Gasteiger partial charge in [0, 0.05) is 31.0 Å². The highest BCUT2D eigenvalue weighted by molar-refractivity contribution is 7.89. The summed E-state index contributed by atoms with van der Waals surface area (Å²) in [6.45, 7) is 2.56. The Morgan fingerprint density at radius 1 is 0.951 bits per heavy atom. The maximum atomic E-state index is 13.9. The van der Waals surface area contributed by atoms with Gasteiger partial charge in [-0.1, -0.05) is 66.3 Å². The zero-order valence-electron chi connectivity index (χ0n) is 22.4. The number of rotatable bonds is 10. The van der Waals surface area contributed by atoms with Crippen LogP contribution in [0.25, 0.3) is 10.2 Å². The Hall–Kier alpha value is -3.83. The van der Waals surface area contributed by atoms with Crippen molar-refractivity contribution in [2.24, 2.45) is 0 Å². The van der Waals surface area contributed by atoms with Crippen molar-refractivity contribution in [2.45, 2.75) is 24.9 Å². The van der Waals surface area contributed by atoms with E-state index in [2.05, 4.69) is 4.98 Å². The number of anilines is 1. The van der Waals surface area contributed by atoms with E-state index in [1.54, 1.807) is 44.6 Å². The van der Waals surface area contributed by atoms with E-state index >= 15 is 0 Å². The number of carbonyl (C=O) groups is 1. The van der Waals surface area contributed by atoms with Crippen LogP contribution in [0.2, 0.25) is 5.02 Å². The summed E-state index contributed by atoms with van der Waals surface area (Å²) in [6.07, 6.45) is 3.34. The van der Waals surface area contributed by atoms with Gasteiger partial charge >= 0.3 is 0 Å². The molecule has 0 aliphatic heterocycles. The lowest BCUT2D eigenvalue weighted by molar-refractivity contribution is 0.0985. The molecule has 5 rings (SSSR count). The molecule has 3 aromatic carbocycles. The van der Waals surface area contributed by atoms with Gasteiger partial charge in [-0.15, -0.1) is 0 Å². The molecule has 1 amide bonds. The van der Waals surface area contributed by atoms with Gasteiger partial charge in [-0.25, -0.2) is 13.4 Å². The van der Waals surface area contributed by atoms with Crippen molar-refractivity contribution in [3.63, 3.8) is 0 Å². The van der Waals surface area contributed by atoms with Crippen LogP contribution in [-0.4, -0.2) is 42.3 Å². The molecule has 0 radical (unpaired) electrons. The van der Waals surface area contributed by atoms with Crippen LogP contribution in [0.4, 0.5) is 5.13 Å². The minimum Gasteiger partial charge on any atom is -0.494 e. The summed E-state index contributed by atoms with van der Waals surface area (Å²) in [4.78, 5) is 24.4. The molecule has 0 spiro atoms. The molecule has 11 heteroatoms. The molecule has 5 aromatic rings. The molecule has 41 heavy (non-hydrogen) atoms. The van der Waals surface area contributed by atoms with Gasteiger partial charge in [0.15, 0.2) is 5.13 Å². The Kier molecular flexibility index (Phi) is 8.65. The van der Waals surface area contributed by atoms with Gasteiger partial charge in [0.05, 0.1) is 28.3 Å². The zero-order valence-corrected chi connectivity index (χ0v) is 24.8. The molecule has 0 saturated heterocycles. The molecular weight excluding hydrogens is 580 g/mol. The molecule has 2 aromatic heterocycles. The number of aromatic nitrogens is 2. The largest absolute Gasteiger partial charge is 0.494 e. The molecule has 0 N–H and O–H groups in total. The predicted molar refractivity (Wildman–Crippen MR) is 162 cm³/mol. The van der Waals surface area contributed by atoms with E-state index in [9.17, 15) is 13.2 Å². The maximum Gasteiger partial charge on any atom is 0.260 e. The first-order valence-electron chi connectivity index (χ1n) is 12.8. The first-order valence-corrected chi connectivity index (χ1v) is 15.4. The molecule has 210 valence electrons. The second kappa shape index (κ2) is 12.4. The number of amides is 1. The summed E-state index contributed by atoms with van der Waals surface area (Å²) in [5.41, 5.74) is 2.57. The molecule has 0 aliphatic carbocycles. The van der Waals surface area contributed by atoms with E-state index in [-0.39, 0.29) is 23.9 Å². The fraction of sp³-hybridized carbons (Fsp3) is 0.167. The van der Waals surface area contributed by atoms with Gasteiger partial charge in [0.2, 0.25) is 10.0 Å². The fourth-order valence-corrected chi connectivity index (χ4v) is 7.04. The lowest BCUT2D eigenvalue weighted by Gasteiger charge is -2.22. The van der Waals surface area contributed by atoms with Crippen LogP contribution in [0.1, 0.15) is 28.4 Å². The molecule has 8 nitrogen and oxygen atoms in total. The summed E-state index contributed by atoms with van der Waals surface area (Å²) >= 11 is 7.73. The molecule has 0 unspecified atom stereocenters. The van der Waals surface area contributed by atoms with Crippen molar-refractivity contribution in [1.82, 2.24) is 14.3 Å². The number of ether oxygens (including phenoxy) is 1. The Bertz CT molecular complexity index is 1760. The van der Waals surface area contributed by atoms with Crippen molar-refractivity contribution in [3.05, 3.63) is 113 Å². The Balaban J connectivity index is 1.47. The standard InChI is InChI=1S/C30H27ClN4O4S2/c1-3-34(19-21-8-5-4-6-9-21)41(37,38)24-13-11-23(12-14-24)29(36)35(20-22-10-7-17-32-18-22)30-33-27-26(39-2)16-15-25(31)28(27)40-30/h4-18H,3,19-20H2,1-2H3. The molecule has 0 saturated carbocycles. The second-order valence-electron chi connectivity index (χ2n) is 9.12. The summed E-state index contributed by atoms with van der Waals surface area (Å²) in [7, 11) is -2.23. The number of nitrogens with zero attached hydrogens (tertiary/aromatic N) is 4. The highest BCUT2D eigenvalue weighted by atomic mass is 35.5. The van der Waals surface area contributed by atoms with Gasteiger partial charge < -0.3 is 4.74 Å². The Morgan fingerprint density at radius 2 is 1.68 bits per heavy atom. The number of sulfonamides is 1. The second-order valence-corrected chi connectivity index (χ2v) is 12.4. The number of thiazole rings is 1. The summed E-state index contributed by atoms with van der Waals surface area (Å²) in [6, 6.07) is 22.6. The van der Waals surface area contributed by atoms with E-state index in [0.29, 0.717) is 38.2 Å². The Morgan fingerprint density at radius 3 is 2.34 bits per heavy atom. The zero-order chi connectivity index (χ0) is 29.0. The van der Waals surface area contributed by atoms with Crippen molar-refractivity contribution in [2.75, 3.05) is 18.6 Å². The molecule has 0 aliphatic rings. The van der Waals surface area contributed by atoms with E-state index in [1.807, 2.05) is 36.4 Å². The number of benzene rings is 3. The van der Waals surface area contributed by atoms with Crippen LogP contribution >= 0.6 is 22.9 Å². The molecular formula is C30H27ClN4O4S2. The lowest BCUT2D eigenvalue weighted by atomic mass is 10.2. The van der Waals surface area contributed by atoms with E-state index in [4.69, 9.17) is 21.3 Å². The normalized spacial score (nSPS) is 11.6. The third-order valence-electron chi connectivity index (χ3n) is 6.50. The van der Waals surface area contributed by atoms with Crippen LogP contribution in [-0.2, 0) is 23.1 Å². The highest BCUT2D eigenvalue weighted by Gasteiger charge is 2.26. The third-order valence-corrected chi connectivity index (χ3v) is 9.97. The average molecular weight is 607 g/mol. The van der Waals surface area contributed by atoms with Gasteiger partial charge in [0.25, 0.3) is 5.91 Å². The number of fused-ring (bicyclic) bond motifs is 1. The van der Waals surface area contributed by atoms with Crippen molar-refractivity contribution in [1.29, 1.82) is 0 Å². The number of pyridine rings is 1. The van der Waals surface area contributed by atoms with Crippen LogP contribution in [0.3, 0.4) is 0 Å². The van der Waals surface area contributed by atoms with Gasteiger partial charge in [-0.3, -0.25) is 14.7 Å². The highest BCUT2D eigenvalue weighted by Crippen LogP contribution is 2.39. The minimum absolute atomic E-state index is 0.113. The average Bonchev–Trinajstić information content (AvgIpc) is 3.46. The van der Waals surface area contributed by atoms with Gasteiger partial charge in [0.1, 0.15) is 11.3 Å². The lowest BCUT2D eigenvalue weighted by Crippen LogP contribution is -2.31. The number of methoxy groups -OCH3 is 1. The topological polar surface area (TPSA) is 92.7 Å². The molecule has 2 heterocycles. The van der Waals surface area contributed by atoms with Gasteiger partial charge in [-0.2, -0.15) is 4.31 Å². The SMILES string of the molecule is CCN(Cc1ccccc1)S(=O)(=O)c1ccc(C(=O)N(Cc2cccnc2)c2nc3c(OC)ccc(Cl)c3s2)cc1. The van der Waals surface area contributed by atoms with E-state index in [1.165, 1.54) is 44.8 Å². The third kappa shape index (κ3) is 6.11. The maximum absolute atomic E-state index is 13.9. The monoisotopic (exact) mass is 606 g/mol. The number of hydrogen-bond donors (Lipinski definition) is 0. The first kappa shape index (κ1) is 28.7. The number of halogens is 1. The van der Waals surface area contributed by atoms with Crippen LogP contribution < -0.4 is 9.64 Å². The summed E-state index contributed by atoms with van der Waals surface area (Å²) in [5.74, 6) is 0.204. The molecule has 0 bridgehead atoms. The van der Waals surface area contributed by atoms with Crippen molar-refractivity contribution >= 4 is 54.2 Å². The fourth-order valence-electron chi connectivity index (χ4n) is 4.35. The number of hydrogen-bond acceptors (Lipinski definition) is 7. The van der Waals surface area contributed by atoms with E-state index < -0.39 is 10.0 Å².